The van der Waals surface area contributed by atoms with Gasteiger partial charge in [0, 0.05) is 36.1 Å². The standard InChI is InChI=1S/C14H15BrN4O2S/c1-18-9-19(12-6-4-3-5-11(12)15)8-10-7-16-14(17-13(10)18)22(2,20)21/h3-7H,8-9H2,1-2H3. The van der Waals surface area contributed by atoms with Crippen molar-refractivity contribution in [3.05, 3.63) is 40.5 Å². The number of anilines is 2. The van der Waals surface area contributed by atoms with E-state index in [9.17, 15) is 8.42 Å². The van der Waals surface area contributed by atoms with E-state index in [4.69, 9.17) is 0 Å². The summed E-state index contributed by atoms with van der Waals surface area (Å²) in [7, 11) is -1.51. The number of halogens is 1. The highest BCUT2D eigenvalue weighted by Gasteiger charge is 2.25. The largest absolute Gasteiger partial charge is 0.348 e. The van der Waals surface area contributed by atoms with Crippen molar-refractivity contribution in [1.29, 1.82) is 0 Å². The number of para-hydroxylation sites is 1. The third-order valence-corrected chi connectivity index (χ3v) is 4.98. The van der Waals surface area contributed by atoms with Gasteiger partial charge in [-0.15, -0.1) is 0 Å². The Hall–Kier alpha value is -1.67. The number of benzene rings is 1. The minimum absolute atomic E-state index is 0.132. The van der Waals surface area contributed by atoms with Crippen LogP contribution in [0.5, 0.6) is 0 Å². The lowest BCUT2D eigenvalue weighted by Gasteiger charge is -2.36. The molecule has 116 valence electrons. The highest BCUT2D eigenvalue weighted by atomic mass is 79.9. The first kappa shape index (κ1) is 15.2. The Kier molecular flexibility index (Phi) is 3.82. The summed E-state index contributed by atoms with van der Waals surface area (Å²) in [6.07, 6.45) is 2.71. The number of fused-ring (bicyclic) bond motifs is 1. The smallest absolute Gasteiger partial charge is 0.248 e. The number of aromatic nitrogens is 2. The molecule has 8 heteroatoms. The molecule has 1 aromatic carbocycles. The van der Waals surface area contributed by atoms with Gasteiger partial charge in [0.05, 0.1) is 12.4 Å². The van der Waals surface area contributed by atoms with Crippen molar-refractivity contribution in [3.63, 3.8) is 0 Å². The maximum atomic E-state index is 11.6. The predicted molar refractivity (Wildman–Crippen MR) is 88.7 cm³/mol. The molecule has 0 saturated heterocycles. The molecular weight excluding hydrogens is 368 g/mol. The van der Waals surface area contributed by atoms with Crippen molar-refractivity contribution >= 4 is 37.3 Å². The highest BCUT2D eigenvalue weighted by Crippen LogP contribution is 2.32. The summed E-state index contributed by atoms with van der Waals surface area (Å²) in [6.45, 7) is 1.25. The summed E-state index contributed by atoms with van der Waals surface area (Å²) in [5, 5.41) is -0.132. The fraction of sp³-hybridized carbons (Fsp3) is 0.286. The van der Waals surface area contributed by atoms with Crippen molar-refractivity contribution in [2.75, 3.05) is 29.8 Å². The van der Waals surface area contributed by atoms with Gasteiger partial charge in [-0.1, -0.05) is 12.1 Å². The Bertz CT molecular complexity index is 825. The monoisotopic (exact) mass is 382 g/mol. The van der Waals surface area contributed by atoms with E-state index in [1.807, 2.05) is 36.2 Å². The van der Waals surface area contributed by atoms with Crippen LogP contribution in [0.3, 0.4) is 0 Å². The van der Waals surface area contributed by atoms with Gasteiger partial charge in [-0.25, -0.2) is 18.4 Å². The van der Waals surface area contributed by atoms with Crippen LogP contribution in [0.15, 0.2) is 40.1 Å². The van der Waals surface area contributed by atoms with Crippen molar-refractivity contribution in [1.82, 2.24) is 9.97 Å². The Balaban J connectivity index is 1.99. The molecular formula is C14H15BrN4O2S. The van der Waals surface area contributed by atoms with Gasteiger partial charge < -0.3 is 9.80 Å². The fourth-order valence-electron chi connectivity index (χ4n) is 2.45. The van der Waals surface area contributed by atoms with Gasteiger partial charge in [0.15, 0.2) is 0 Å². The summed E-state index contributed by atoms with van der Waals surface area (Å²) in [4.78, 5) is 12.3. The molecule has 0 aliphatic carbocycles. The molecule has 2 aromatic rings. The Morgan fingerprint density at radius 1 is 1.27 bits per heavy atom. The zero-order chi connectivity index (χ0) is 15.9. The lowest BCUT2D eigenvalue weighted by atomic mass is 10.2. The molecule has 0 amide bonds. The van der Waals surface area contributed by atoms with E-state index in [1.54, 1.807) is 6.20 Å². The topological polar surface area (TPSA) is 66.4 Å². The number of hydrogen-bond acceptors (Lipinski definition) is 6. The average Bonchev–Trinajstić information content (AvgIpc) is 2.46. The van der Waals surface area contributed by atoms with E-state index in [0.29, 0.717) is 19.0 Å². The molecule has 0 unspecified atom stereocenters. The van der Waals surface area contributed by atoms with Gasteiger partial charge >= 0.3 is 0 Å². The average molecular weight is 383 g/mol. The van der Waals surface area contributed by atoms with Gasteiger partial charge in [-0.2, -0.15) is 0 Å². The molecule has 3 rings (SSSR count). The van der Waals surface area contributed by atoms with Crippen molar-refractivity contribution in [2.45, 2.75) is 11.7 Å². The highest BCUT2D eigenvalue weighted by molar-refractivity contribution is 9.10. The molecule has 0 fully saturated rings. The molecule has 0 spiro atoms. The zero-order valence-electron chi connectivity index (χ0n) is 12.2. The maximum absolute atomic E-state index is 11.6. The van der Waals surface area contributed by atoms with E-state index < -0.39 is 9.84 Å². The maximum Gasteiger partial charge on any atom is 0.248 e. The van der Waals surface area contributed by atoms with Crippen LogP contribution >= 0.6 is 15.9 Å². The Labute approximate surface area is 137 Å². The third-order valence-electron chi connectivity index (χ3n) is 3.45. The first-order chi connectivity index (χ1) is 10.4. The quantitative estimate of drug-likeness (QED) is 0.740. The van der Waals surface area contributed by atoms with Crippen LogP contribution in [0, 0.1) is 0 Å². The molecule has 0 atom stereocenters. The number of rotatable bonds is 2. The molecule has 1 aliphatic rings. The lowest BCUT2D eigenvalue weighted by molar-refractivity contribution is 0.591. The minimum Gasteiger partial charge on any atom is -0.348 e. The number of nitrogens with zero attached hydrogens (tertiary/aromatic N) is 4. The van der Waals surface area contributed by atoms with E-state index in [-0.39, 0.29) is 5.16 Å². The van der Waals surface area contributed by atoms with E-state index in [2.05, 4.69) is 30.8 Å². The second-order valence-electron chi connectivity index (χ2n) is 5.26. The predicted octanol–water partition coefficient (Wildman–Crippen LogP) is 2.06. The van der Waals surface area contributed by atoms with E-state index in [0.717, 1.165) is 22.0 Å². The molecule has 2 heterocycles. The van der Waals surface area contributed by atoms with Crippen LogP contribution in [0.2, 0.25) is 0 Å². The van der Waals surface area contributed by atoms with Crippen LogP contribution in [-0.4, -0.2) is 38.4 Å². The van der Waals surface area contributed by atoms with Gasteiger partial charge in [0.25, 0.3) is 0 Å². The Morgan fingerprint density at radius 3 is 2.68 bits per heavy atom. The van der Waals surface area contributed by atoms with Crippen LogP contribution in [-0.2, 0) is 16.4 Å². The molecule has 0 N–H and O–H groups in total. The summed E-state index contributed by atoms with van der Waals surface area (Å²) < 4.78 is 24.2. The lowest BCUT2D eigenvalue weighted by Crippen LogP contribution is -2.41. The van der Waals surface area contributed by atoms with Crippen molar-refractivity contribution < 1.29 is 8.42 Å². The van der Waals surface area contributed by atoms with Crippen molar-refractivity contribution in [3.8, 4) is 0 Å². The van der Waals surface area contributed by atoms with E-state index in [1.165, 1.54) is 0 Å². The summed E-state index contributed by atoms with van der Waals surface area (Å²) in [6, 6.07) is 7.98. The molecule has 1 aliphatic heterocycles. The summed E-state index contributed by atoms with van der Waals surface area (Å²) in [5.41, 5.74) is 1.98. The Morgan fingerprint density at radius 2 is 2.00 bits per heavy atom. The third kappa shape index (κ3) is 2.80. The number of sulfone groups is 1. The fourth-order valence-corrected chi connectivity index (χ4v) is 3.48. The second-order valence-corrected chi connectivity index (χ2v) is 8.03. The molecule has 6 nitrogen and oxygen atoms in total. The SMILES string of the molecule is CN1CN(c2ccccc2Br)Cc2cnc(S(C)(=O)=O)nc21. The van der Waals surface area contributed by atoms with Crippen LogP contribution in [0.4, 0.5) is 11.5 Å². The first-order valence-corrected chi connectivity index (χ1v) is 9.31. The minimum atomic E-state index is -3.40. The molecule has 1 aromatic heterocycles. The van der Waals surface area contributed by atoms with Gasteiger partial charge in [0.1, 0.15) is 5.82 Å². The molecule has 0 saturated carbocycles. The van der Waals surface area contributed by atoms with E-state index >= 15 is 0 Å². The van der Waals surface area contributed by atoms with Crippen LogP contribution in [0.25, 0.3) is 0 Å². The zero-order valence-corrected chi connectivity index (χ0v) is 14.6. The van der Waals surface area contributed by atoms with Gasteiger partial charge in [0.2, 0.25) is 15.0 Å². The second kappa shape index (κ2) is 5.51. The molecule has 0 radical (unpaired) electrons. The summed E-state index contributed by atoms with van der Waals surface area (Å²) in [5.74, 6) is 0.665. The van der Waals surface area contributed by atoms with Crippen LogP contribution in [0.1, 0.15) is 5.56 Å². The van der Waals surface area contributed by atoms with Crippen molar-refractivity contribution in [2.24, 2.45) is 0 Å². The first-order valence-electron chi connectivity index (χ1n) is 6.63. The van der Waals surface area contributed by atoms with Gasteiger partial charge in [-0.3, -0.25) is 0 Å². The van der Waals surface area contributed by atoms with Crippen LogP contribution < -0.4 is 9.80 Å². The number of hydrogen-bond donors (Lipinski definition) is 0. The normalized spacial score (nSPS) is 14.9. The van der Waals surface area contributed by atoms with Gasteiger partial charge in [-0.05, 0) is 28.1 Å². The molecule has 22 heavy (non-hydrogen) atoms. The molecule has 0 bridgehead atoms. The summed E-state index contributed by atoms with van der Waals surface area (Å²) >= 11 is 3.56.